The lowest BCUT2D eigenvalue weighted by atomic mass is 10.3. The highest BCUT2D eigenvalue weighted by Gasteiger charge is 2.01. The predicted molar refractivity (Wildman–Crippen MR) is 77.0 cm³/mol. The molecule has 1 heterocycles. The Morgan fingerprint density at radius 1 is 1.39 bits per heavy atom. The Hall–Kier alpha value is -1.01. The van der Waals surface area contributed by atoms with Crippen molar-refractivity contribution in [2.45, 2.75) is 37.9 Å². The quantitative estimate of drug-likeness (QED) is 0.429. The molecular weight excluding hydrogens is 248 g/mol. The van der Waals surface area contributed by atoms with Gasteiger partial charge in [-0.3, -0.25) is 0 Å². The number of hydrogen-bond donors (Lipinski definition) is 2. The lowest BCUT2D eigenvalue weighted by Crippen LogP contribution is -2.08. The molecule has 0 fully saturated rings. The zero-order chi connectivity index (χ0) is 13.4. The minimum absolute atomic E-state index is 0.309. The Morgan fingerprint density at radius 3 is 2.83 bits per heavy atom. The van der Waals surface area contributed by atoms with Crippen molar-refractivity contribution in [3.05, 3.63) is 6.07 Å². The van der Waals surface area contributed by atoms with Crippen molar-refractivity contribution < 1.29 is 4.74 Å². The first kappa shape index (κ1) is 15.0. The molecule has 1 rings (SSSR count). The number of nitrogens with one attached hydrogen (secondary N) is 1. The van der Waals surface area contributed by atoms with E-state index in [9.17, 15) is 0 Å². The van der Waals surface area contributed by atoms with Crippen LogP contribution in [0.4, 0.5) is 11.6 Å². The first-order chi connectivity index (χ1) is 8.61. The van der Waals surface area contributed by atoms with E-state index in [0.717, 1.165) is 31.8 Å². The monoisotopic (exact) mass is 270 g/mol. The molecule has 18 heavy (non-hydrogen) atoms. The molecule has 0 radical (unpaired) electrons. The molecule has 0 unspecified atom stereocenters. The van der Waals surface area contributed by atoms with Crippen molar-refractivity contribution in [3.63, 3.8) is 0 Å². The normalized spacial score (nSPS) is 10.9. The van der Waals surface area contributed by atoms with E-state index in [4.69, 9.17) is 10.5 Å². The highest BCUT2D eigenvalue weighted by Crippen LogP contribution is 2.15. The molecule has 0 aliphatic heterocycles. The van der Waals surface area contributed by atoms with Crippen LogP contribution in [0.1, 0.15) is 26.7 Å². The van der Waals surface area contributed by atoms with Crippen molar-refractivity contribution in [2.75, 3.05) is 30.5 Å². The van der Waals surface area contributed by atoms with Crippen LogP contribution in [-0.4, -0.2) is 35.5 Å². The van der Waals surface area contributed by atoms with Crippen molar-refractivity contribution in [2.24, 2.45) is 0 Å². The van der Waals surface area contributed by atoms with Crippen LogP contribution in [0.3, 0.4) is 0 Å². The molecular formula is C12H22N4OS. The second kappa shape index (κ2) is 8.16. The van der Waals surface area contributed by atoms with Gasteiger partial charge in [-0.1, -0.05) is 11.8 Å². The van der Waals surface area contributed by atoms with Gasteiger partial charge in [-0.15, -0.1) is 0 Å². The van der Waals surface area contributed by atoms with Crippen LogP contribution in [0, 0.1) is 0 Å². The fourth-order valence-electron chi connectivity index (χ4n) is 1.39. The molecule has 102 valence electrons. The molecule has 6 heteroatoms. The third-order valence-corrected chi connectivity index (χ3v) is 2.78. The van der Waals surface area contributed by atoms with Gasteiger partial charge < -0.3 is 15.8 Å². The SMILES string of the molecule is CSc1nc(N)cc(NCCCCOC(C)C)n1. The van der Waals surface area contributed by atoms with E-state index in [1.165, 1.54) is 11.8 Å². The molecule has 0 aromatic carbocycles. The Labute approximate surface area is 113 Å². The summed E-state index contributed by atoms with van der Waals surface area (Å²) in [7, 11) is 0. The van der Waals surface area contributed by atoms with Gasteiger partial charge in [-0.25, -0.2) is 9.97 Å². The first-order valence-electron chi connectivity index (χ1n) is 6.16. The Bertz CT molecular complexity index is 360. The lowest BCUT2D eigenvalue weighted by Gasteiger charge is -2.09. The zero-order valence-corrected chi connectivity index (χ0v) is 12.1. The van der Waals surface area contributed by atoms with Gasteiger partial charge in [-0.05, 0) is 32.9 Å². The molecule has 0 atom stereocenters. The maximum absolute atomic E-state index is 5.70. The van der Waals surface area contributed by atoms with E-state index in [1.807, 2.05) is 20.1 Å². The van der Waals surface area contributed by atoms with E-state index >= 15 is 0 Å². The fraction of sp³-hybridized carbons (Fsp3) is 0.667. The Balaban J connectivity index is 2.24. The van der Waals surface area contributed by atoms with E-state index in [1.54, 1.807) is 6.07 Å². The number of rotatable bonds is 8. The van der Waals surface area contributed by atoms with Gasteiger partial charge in [0.2, 0.25) is 0 Å². The van der Waals surface area contributed by atoms with Crippen LogP contribution in [0.5, 0.6) is 0 Å². The van der Waals surface area contributed by atoms with Crippen molar-refractivity contribution in [1.82, 2.24) is 9.97 Å². The van der Waals surface area contributed by atoms with Crippen LogP contribution in [0.25, 0.3) is 0 Å². The smallest absolute Gasteiger partial charge is 0.191 e. The van der Waals surface area contributed by atoms with E-state index in [0.29, 0.717) is 17.1 Å². The van der Waals surface area contributed by atoms with Crippen LogP contribution in [0.2, 0.25) is 0 Å². The third-order valence-electron chi connectivity index (χ3n) is 2.24. The van der Waals surface area contributed by atoms with E-state index < -0.39 is 0 Å². The predicted octanol–water partition coefficient (Wildman–Crippen LogP) is 2.40. The maximum atomic E-state index is 5.70. The summed E-state index contributed by atoms with van der Waals surface area (Å²) in [6, 6.07) is 1.75. The summed E-state index contributed by atoms with van der Waals surface area (Å²) in [5.74, 6) is 1.29. The maximum Gasteiger partial charge on any atom is 0.191 e. The number of thioether (sulfide) groups is 1. The van der Waals surface area contributed by atoms with Crippen LogP contribution >= 0.6 is 11.8 Å². The number of anilines is 2. The summed E-state index contributed by atoms with van der Waals surface area (Å²) in [5.41, 5.74) is 5.70. The topological polar surface area (TPSA) is 73.1 Å². The molecule has 0 saturated carbocycles. The number of nitrogen functional groups attached to an aromatic ring is 1. The van der Waals surface area contributed by atoms with Crippen LogP contribution in [-0.2, 0) is 4.74 Å². The van der Waals surface area contributed by atoms with Crippen molar-refractivity contribution in [1.29, 1.82) is 0 Å². The highest BCUT2D eigenvalue weighted by atomic mass is 32.2. The molecule has 3 N–H and O–H groups in total. The van der Waals surface area contributed by atoms with E-state index in [-0.39, 0.29) is 0 Å². The molecule has 0 aliphatic rings. The van der Waals surface area contributed by atoms with Gasteiger partial charge >= 0.3 is 0 Å². The fourth-order valence-corrected chi connectivity index (χ4v) is 1.77. The third kappa shape index (κ3) is 6.07. The van der Waals surface area contributed by atoms with E-state index in [2.05, 4.69) is 15.3 Å². The summed E-state index contributed by atoms with van der Waals surface area (Å²) in [4.78, 5) is 8.43. The van der Waals surface area contributed by atoms with Gasteiger partial charge in [-0.2, -0.15) is 0 Å². The van der Waals surface area contributed by atoms with Crippen molar-refractivity contribution >= 4 is 23.4 Å². The van der Waals surface area contributed by atoms with Gasteiger partial charge in [0.15, 0.2) is 5.16 Å². The van der Waals surface area contributed by atoms with Crippen molar-refractivity contribution in [3.8, 4) is 0 Å². The number of hydrogen-bond acceptors (Lipinski definition) is 6. The van der Waals surface area contributed by atoms with Crippen LogP contribution < -0.4 is 11.1 Å². The average molecular weight is 270 g/mol. The number of ether oxygens (including phenoxy) is 1. The van der Waals surface area contributed by atoms with Gasteiger partial charge in [0.05, 0.1) is 6.10 Å². The van der Waals surface area contributed by atoms with Gasteiger partial charge in [0.1, 0.15) is 11.6 Å². The molecule has 0 spiro atoms. The van der Waals surface area contributed by atoms with Gasteiger partial charge in [0.25, 0.3) is 0 Å². The molecule has 0 saturated heterocycles. The summed E-state index contributed by atoms with van der Waals surface area (Å²) < 4.78 is 5.47. The lowest BCUT2D eigenvalue weighted by molar-refractivity contribution is 0.0765. The molecule has 0 bridgehead atoms. The number of nitrogens with two attached hydrogens (primary N) is 1. The minimum atomic E-state index is 0.309. The summed E-state index contributed by atoms with van der Waals surface area (Å²) in [6.07, 6.45) is 4.33. The standard InChI is InChI=1S/C12H22N4OS/c1-9(2)17-7-5-4-6-14-11-8-10(13)15-12(16-11)18-3/h8-9H,4-7H2,1-3H3,(H3,13,14,15,16). The molecule has 5 nitrogen and oxygen atoms in total. The second-order valence-corrected chi connectivity index (χ2v) is 4.99. The number of unbranched alkanes of at least 4 members (excludes halogenated alkanes) is 1. The largest absolute Gasteiger partial charge is 0.383 e. The summed E-state index contributed by atoms with van der Waals surface area (Å²) >= 11 is 1.49. The second-order valence-electron chi connectivity index (χ2n) is 4.22. The summed E-state index contributed by atoms with van der Waals surface area (Å²) in [6.45, 7) is 5.77. The molecule has 0 amide bonds. The molecule has 0 aliphatic carbocycles. The first-order valence-corrected chi connectivity index (χ1v) is 7.38. The Kier molecular flexibility index (Phi) is 6.82. The minimum Gasteiger partial charge on any atom is -0.383 e. The summed E-state index contributed by atoms with van der Waals surface area (Å²) in [5, 5.41) is 3.94. The van der Waals surface area contributed by atoms with Crippen LogP contribution in [0.15, 0.2) is 11.2 Å². The highest BCUT2D eigenvalue weighted by molar-refractivity contribution is 7.98. The molecule has 1 aromatic rings. The average Bonchev–Trinajstić information content (AvgIpc) is 2.32. The molecule has 1 aromatic heterocycles. The Morgan fingerprint density at radius 2 is 2.17 bits per heavy atom. The van der Waals surface area contributed by atoms with Gasteiger partial charge in [0, 0.05) is 19.2 Å². The number of aromatic nitrogens is 2. The number of nitrogens with zero attached hydrogens (tertiary/aromatic N) is 2. The zero-order valence-electron chi connectivity index (χ0n) is 11.3.